The van der Waals surface area contributed by atoms with E-state index in [1.807, 2.05) is 0 Å². The van der Waals surface area contributed by atoms with Gasteiger partial charge in [0.15, 0.2) is 5.78 Å². The minimum atomic E-state index is -0.694. The van der Waals surface area contributed by atoms with Crippen molar-refractivity contribution in [2.24, 2.45) is 7.05 Å². The predicted molar refractivity (Wildman–Crippen MR) is 100 cm³/mol. The lowest BCUT2D eigenvalue weighted by molar-refractivity contribution is -0.139. The van der Waals surface area contributed by atoms with Gasteiger partial charge in [-0.05, 0) is 31.2 Å². The zero-order valence-corrected chi connectivity index (χ0v) is 15.6. The maximum atomic E-state index is 12.3. The Bertz CT molecular complexity index is 1020. The number of esters is 1. The molecule has 0 aromatic carbocycles. The summed E-state index contributed by atoms with van der Waals surface area (Å²) in [7, 11) is 2.70. The molecule has 0 saturated heterocycles. The molecule has 9 heteroatoms. The quantitative estimate of drug-likeness (QED) is 0.423. The molecule has 0 aliphatic carbocycles. The fraction of sp³-hybridized carbons (Fsp3) is 0.211. The molecule has 0 fully saturated rings. The molecule has 0 radical (unpaired) electrons. The maximum absolute atomic E-state index is 12.3. The van der Waals surface area contributed by atoms with Crippen LogP contribution in [-0.2, 0) is 16.6 Å². The van der Waals surface area contributed by atoms with Gasteiger partial charge in [0.1, 0.15) is 23.6 Å². The van der Waals surface area contributed by atoms with E-state index in [9.17, 15) is 24.3 Å². The SMILES string of the molecule is COC(=O)CNC(=O)c1cccc(/C=C/C(=O)c2c(O)cc(C)n(C)c2=O)n1. The number of amides is 1. The summed E-state index contributed by atoms with van der Waals surface area (Å²) in [6.45, 7) is 1.33. The molecule has 0 aliphatic rings. The summed E-state index contributed by atoms with van der Waals surface area (Å²) in [5, 5.41) is 12.3. The number of hydrogen-bond donors (Lipinski definition) is 2. The van der Waals surface area contributed by atoms with Gasteiger partial charge in [0.05, 0.1) is 12.8 Å². The number of aromatic hydroxyl groups is 1. The van der Waals surface area contributed by atoms with Crippen LogP contribution in [0, 0.1) is 6.92 Å². The molecule has 0 saturated carbocycles. The number of pyridine rings is 2. The first-order valence-electron chi connectivity index (χ1n) is 8.18. The Hall–Kier alpha value is -3.75. The minimum Gasteiger partial charge on any atom is -0.507 e. The number of nitrogens with zero attached hydrogens (tertiary/aromatic N) is 2. The van der Waals surface area contributed by atoms with Crippen molar-refractivity contribution in [1.29, 1.82) is 0 Å². The van der Waals surface area contributed by atoms with Crippen molar-refractivity contribution in [3.8, 4) is 5.75 Å². The van der Waals surface area contributed by atoms with E-state index in [4.69, 9.17) is 0 Å². The Morgan fingerprint density at radius 1 is 1.32 bits per heavy atom. The number of aryl methyl sites for hydroxylation is 1. The summed E-state index contributed by atoms with van der Waals surface area (Å²) in [5.74, 6) is -2.29. The summed E-state index contributed by atoms with van der Waals surface area (Å²) in [6, 6.07) is 5.86. The first-order chi connectivity index (χ1) is 13.2. The monoisotopic (exact) mass is 385 g/mol. The third-order valence-electron chi connectivity index (χ3n) is 3.93. The Labute approximate surface area is 160 Å². The van der Waals surface area contributed by atoms with Crippen LogP contribution >= 0.6 is 0 Å². The number of aromatic nitrogens is 2. The van der Waals surface area contributed by atoms with Gasteiger partial charge in [-0.1, -0.05) is 6.07 Å². The summed E-state index contributed by atoms with van der Waals surface area (Å²) in [5.41, 5.74) is -0.141. The Kier molecular flexibility index (Phi) is 6.43. The van der Waals surface area contributed by atoms with Gasteiger partial charge in [-0.15, -0.1) is 0 Å². The van der Waals surface area contributed by atoms with Crippen molar-refractivity contribution in [3.05, 3.63) is 63.3 Å². The number of hydrogen-bond acceptors (Lipinski definition) is 7. The second-order valence-corrected chi connectivity index (χ2v) is 5.81. The van der Waals surface area contributed by atoms with Crippen LogP contribution in [0.25, 0.3) is 6.08 Å². The molecule has 1 amide bonds. The van der Waals surface area contributed by atoms with Gasteiger partial charge >= 0.3 is 5.97 Å². The van der Waals surface area contributed by atoms with Crippen molar-refractivity contribution in [2.45, 2.75) is 6.92 Å². The molecule has 0 unspecified atom stereocenters. The van der Waals surface area contributed by atoms with E-state index in [2.05, 4.69) is 15.0 Å². The maximum Gasteiger partial charge on any atom is 0.325 e. The van der Waals surface area contributed by atoms with Crippen LogP contribution in [-0.4, -0.2) is 46.0 Å². The highest BCUT2D eigenvalue weighted by Gasteiger charge is 2.16. The predicted octanol–water partition coefficient (Wildman–Crippen LogP) is 0.593. The minimum absolute atomic E-state index is 0.0348. The molecule has 2 rings (SSSR count). The van der Waals surface area contributed by atoms with Crippen molar-refractivity contribution >= 4 is 23.7 Å². The highest BCUT2D eigenvalue weighted by Crippen LogP contribution is 2.15. The van der Waals surface area contributed by atoms with Crippen molar-refractivity contribution in [3.63, 3.8) is 0 Å². The normalized spacial score (nSPS) is 10.7. The molecule has 9 nitrogen and oxygen atoms in total. The van der Waals surface area contributed by atoms with Crippen molar-refractivity contribution in [2.75, 3.05) is 13.7 Å². The topological polar surface area (TPSA) is 128 Å². The number of rotatable bonds is 6. The molecule has 2 aromatic heterocycles. The van der Waals surface area contributed by atoms with Crippen LogP contribution in [0.4, 0.5) is 0 Å². The molecule has 0 aliphatic heterocycles. The van der Waals surface area contributed by atoms with Gasteiger partial charge in [0.25, 0.3) is 11.5 Å². The lowest BCUT2D eigenvalue weighted by Crippen LogP contribution is -2.30. The summed E-state index contributed by atoms with van der Waals surface area (Å²) >= 11 is 0. The molecular weight excluding hydrogens is 366 g/mol. The van der Waals surface area contributed by atoms with Crippen LogP contribution < -0.4 is 10.9 Å². The van der Waals surface area contributed by atoms with Crippen molar-refractivity contribution < 1.29 is 24.2 Å². The van der Waals surface area contributed by atoms with Gasteiger partial charge < -0.3 is 19.7 Å². The van der Waals surface area contributed by atoms with E-state index in [1.165, 1.54) is 36.9 Å². The van der Waals surface area contributed by atoms with E-state index >= 15 is 0 Å². The van der Waals surface area contributed by atoms with Gasteiger partial charge in [-0.2, -0.15) is 0 Å². The average Bonchev–Trinajstić information content (AvgIpc) is 2.68. The highest BCUT2D eigenvalue weighted by atomic mass is 16.5. The number of carbonyl (C=O) groups excluding carboxylic acids is 3. The summed E-state index contributed by atoms with van der Waals surface area (Å²) in [6.07, 6.45) is 2.41. The fourth-order valence-electron chi connectivity index (χ4n) is 2.27. The molecule has 28 heavy (non-hydrogen) atoms. The lowest BCUT2D eigenvalue weighted by atomic mass is 10.1. The molecule has 2 N–H and O–H groups in total. The smallest absolute Gasteiger partial charge is 0.325 e. The van der Waals surface area contributed by atoms with E-state index in [-0.39, 0.29) is 23.5 Å². The number of carbonyl (C=O) groups is 3. The average molecular weight is 385 g/mol. The van der Waals surface area contributed by atoms with E-state index < -0.39 is 29.0 Å². The van der Waals surface area contributed by atoms with Gasteiger partial charge in [-0.3, -0.25) is 19.2 Å². The van der Waals surface area contributed by atoms with Gasteiger partial charge in [-0.25, -0.2) is 4.98 Å². The Morgan fingerprint density at radius 2 is 2.04 bits per heavy atom. The summed E-state index contributed by atoms with van der Waals surface area (Å²) < 4.78 is 5.69. The zero-order valence-electron chi connectivity index (χ0n) is 15.6. The van der Waals surface area contributed by atoms with Crippen LogP contribution in [0.15, 0.2) is 35.1 Å². The van der Waals surface area contributed by atoms with Crippen LogP contribution in [0.5, 0.6) is 5.75 Å². The number of ketones is 1. The van der Waals surface area contributed by atoms with Crippen LogP contribution in [0.3, 0.4) is 0 Å². The van der Waals surface area contributed by atoms with E-state index in [1.54, 1.807) is 19.1 Å². The molecule has 146 valence electrons. The van der Waals surface area contributed by atoms with Crippen molar-refractivity contribution in [1.82, 2.24) is 14.9 Å². The van der Waals surface area contributed by atoms with E-state index in [0.717, 1.165) is 6.08 Å². The first-order valence-corrected chi connectivity index (χ1v) is 8.18. The number of allylic oxidation sites excluding steroid dienone is 1. The first kappa shape index (κ1) is 20.6. The number of ether oxygens (including phenoxy) is 1. The Morgan fingerprint density at radius 3 is 2.71 bits per heavy atom. The molecule has 0 atom stereocenters. The summed E-state index contributed by atoms with van der Waals surface area (Å²) in [4.78, 5) is 51.7. The van der Waals surface area contributed by atoms with E-state index in [0.29, 0.717) is 5.69 Å². The second-order valence-electron chi connectivity index (χ2n) is 5.81. The fourth-order valence-corrected chi connectivity index (χ4v) is 2.27. The standard InChI is InChI=1S/C19H19N3O6/c1-11-9-15(24)17(19(27)22(11)2)14(23)8-7-12-5-4-6-13(21-12)18(26)20-10-16(25)28-3/h4-9,24H,10H2,1-3H3,(H,20,26)/b8-7+. The molecule has 2 aromatic rings. The van der Waals surface area contributed by atoms with Gasteiger partial charge in [0.2, 0.25) is 0 Å². The highest BCUT2D eigenvalue weighted by molar-refractivity contribution is 6.08. The molecular formula is C19H19N3O6. The number of methoxy groups -OCH3 is 1. The largest absolute Gasteiger partial charge is 0.507 e. The molecule has 2 heterocycles. The van der Waals surface area contributed by atoms with Crippen LogP contribution in [0.2, 0.25) is 0 Å². The molecule has 0 spiro atoms. The second kappa shape index (κ2) is 8.76. The third kappa shape index (κ3) is 4.70. The number of nitrogens with one attached hydrogen (secondary N) is 1. The molecule has 0 bridgehead atoms. The lowest BCUT2D eigenvalue weighted by Gasteiger charge is -2.07. The Balaban J connectivity index is 2.20. The zero-order chi connectivity index (χ0) is 20.8. The third-order valence-corrected chi connectivity index (χ3v) is 3.93. The van der Waals surface area contributed by atoms with Gasteiger partial charge in [0, 0.05) is 18.8 Å². The van der Waals surface area contributed by atoms with Crippen LogP contribution in [0.1, 0.15) is 32.2 Å².